The number of amides is 2. The molecule has 0 saturated carbocycles. The van der Waals surface area contributed by atoms with Gasteiger partial charge in [-0.1, -0.05) is 35.9 Å². The van der Waals surface area contributed by atoms with Gasteiger partial charge in [0, 0.05) is 23.1 Å². The number of anilines is 2. The zero-order valence-corrected chi connectivity index (χ0v) is 18.2. The second kappa shape index (κ2) is 10.00. The lowest BCUT2D eigenvalue weighted by Crippen LogP contribution is -2.15. The standard InChI is InChI=1S/C24H23ClN2O4/c1-15-8-10-20(26-16(2)28)21(12-15)27-24(29)17-9-11-22(23(13-17)30-3)31-14-18-6-4-5-7-19(18)25/h4-13H,14H2,1-3H3,(H,26,28)(H,27,29). The van der Waals surface area contributed by atoms with Gasteiger partial charge in [0.25, 0.3) is 5.91 Å². The minimum atomic E-state index is -0.340. The lowest BCUT2D eigenvalue weighted by atomic mass is 10.1. The molecule has 0 heterocycles. The zero-order chi connectivity index (χ0) is 22.4. The van der Waals surface area contributed by atoms with Crippen LogP contribution in [-0.2, 0) is 11.4 Å². The normalized spacial score (nSPS) is 10.3. The fourth-order valence-corrected chi connectivity index (χ4v) is 3.14. The summed E-state index contributed by atoms with van der Waals surface area (Å²) in [5.41, 5.74) is 3.22. The molecule has 31 heavy (non-hydrogen) atoms. The lowest BCUT2D eigenvalue weighted by Gasteiger charge is -2.15. The Morgan fingerprint density at radius 1 is 0.935 bits per heavy atom. The number of carbonyl (C=O) groups excluding carboxylic acids is 2. The number of ether oxygens (including phenoxy) is 2. The second-order valence-corrected chi connectivity index (χ2v) is 7.34. The second-order valence-electron chi connectivity index (χ2n) is 6.93. The van der Waals surface area contributed by atoms with Crippen molar-refractivity contribution in [1.82, 2.24) is 0 Å². The molecule has 3 aromatic rings. The summed E-state index contributed by atoms with van der Waals surface area (Å²) in [4.78, 5) is 24.3. The molecule has 0 radical (unpaired) electrons. The number of hydrogen-bond donors (Lipinski definition) is 2. The predicted octanol–water partition coefficient (Wildman–Crippen LogP) is 5.45. The lowest BCUT2D eigenvalue weighted by molar-refractivity contribution is -0.114. The highest BCUT2D eigenvalue weighted by molar-refractivity contribution is 6.31. The van der Waals surface area contributed by atoms with Gasteiger partial charge in [-0.25, -0.2) is 0 Å². The molecule has 0 aliphatic carbocycles. The molecule has 2 amide bonds. The van der Waals surface area contributed by atoms with Gasteiger partial charge in [0.15, 0.2) is 11.5 Å². The molecule has 0 atom stereocenters. The molecular formula is C24H23ClN2O4. The van der Waals surface area contributed by atoms with E-state index in [1.807, 2.05) is 31.2 Å². The van der Waals surface area contributed by atoms with Crippen molar-refractivity contribution < 1.29 is 19.1 Å². The van der Waals surface area contributed by atoms with E-state index in [2.05, 4.69) is 10.6 Å². The molecule has 7 heteroatoms. The van der Waals surface area contributed by atoms with E-state index in [0.29, 0.717) is 33.5 Å². The van der Waals surface area contributed by atoms with Crippen LogP contribution in [0.3, 0.4) is 0 Å². The number of methoxy groups -OCH3 is 1. The summed E-state index contributed by atoms with van der Waals surface area (Å²) >= 11 is 6.17. The van der Waals surface area contributed by atoms with Crippen molar-refractivity contribution in [2.45, 2.75) is 20.5 Å². The maximum absolute atomic E-state index is 12.8. The van der Waals surface area contributed by atoms with Gasteiger partial charge < -0.3 is 20.1 Å². The van der Waals surface area contributed by atoms with Gasteiger partial charge in [-0.3, -0.25) is 9.59 Å². The number of carbonyl (C=O) groups is 2. The van der Waals surface area contributed by atoms with Crippen LogP contribution in [0, 0.1) is 6.92 Å². The van der Waals surface area contributed by atoms with Crippen LogP contribution in [0.15, 0.2) is 60.7 Å². The molecule has 0 aromatic heterocycles. The molecule has 0 aliphatic heterocycles. The molecule has 0 aliphatic rings. The molecule has 2 N–H and O–H groups in total. The molecule has 0 saturated heterocycles. The third-order valence-corrected chi connectivity index (χ3v) is 4.87. The van der Waals surface area contributed by atoms with Crippen molar-refractivity contribution in [2.75, 3.05) is 17.7 Å². The molecule has 6 nitrogen and oxygen atoms in total. The largest absolute Gasteiger partial charge is 0.493 e. The van der Waals surface area contributed by atoms with Crippen molar-refractivity contribution >= 4 is 34.8 Å². The first-order valence-corrected chi connectivity index (χ1v) is 9.99. The van der Waals surface area contributed by atoms with Crippen LogP contribution in [0.1, 0.15) is 28.4 Å². The molecule has 160 valence electrons. The first-order chi connectivity index (χ1) is 14.9. The third-order valence-electron chi connectivity index (χ3n) is 4.50. The Balaban J connectivity index is 1.78. The van der Waals surface area contributed by atoms with Gasteiger partial charge in [-0.2, -0.15) is 0 Å². The first-order valence-electron chi connectivity index (χ1n) is 9.61. The van der Waals surface area contributed by atoms with Crippen LogP contribution >= 0.6 is 11.6 Å². The van der Waals surface area contributed by atoms with Crippen LogP contribution in [0.5, 0.6) is 11.5 Å². The summed E-state index contributed by atoms with van der Waals surface area (Å²) in [6, 6.07) is 17.7. The van der Waals surface area contributed by atoms with E-state index in [4.69, 9.17) is 21.1 Å². The number of aryl methyl sites for hydroxylation is 1. The summed E-state index contributed by atoms with van der Waals surface area (Å²) in [5, 5.41) is 6.17. The summed E-state index contributed by atoms with van der Waals surface area (Å²) in [6.45, 7) is 3.59. The molecule has 3 rings (SSSR count). The highest BCUT2D eigenvalue weighted by atomic mass is 35.5. The summed E-state index contributed by atoms with van der Waals surface area (Å²) in [5.74, 6) is 0.355. The summed E-state index contributed by atoms with van der Waals surface area (Å²) in [6.07, 6.45) is 0. The molecule has 0 spiro atoms. The van der Waals surface area contributed by atoms with Crippen molar-refractivity contribution in [3.8, 4) is 11.5 Å². The topological polar surface area (TPSA) is 76.7 Å². The van der Waals surface area contributed by atoms with E-state index >= 15 is 0 Å². The van der Waals surface area contributed by atoms with Crippen molar-refractivity contribution in [3.63, 3.8) is 0 Å². The predicted molar refractivity (Wildman–Crippen MR) is 122 cm³/mol. The van der Waals surface area contributed by atoms with Crippen molar-refractivity contribution in [3.05, 3.63) is 82.4 Å². The van der Waals surface area contributed by atoms with Crippen LogP contribution in [-0.4, -0.2) is 18.9 Å². The highest BCUT2D eigenvalue weighted by Gasteiger charge is 2.14. The Morgan fingerprint density at radius 2 is 1.71 bits per heavy atom. The molecular weight excluding hydrogens is 416 g/mol. The van der Waals surface area contributed by atoms with Gasteiger partial charge in [-0.05, 0) is 48.9 Å². The zero-order valence-electron chi connectivity index (χ0n) is 17.5. The Kier molecular flexibility index (Phi) is 7.15. The maximum Gasteiger partial charge on any atom is 0.255 e. The summed E-state index contributed by atoms with van der Waals surface area (Å²) in [7, 11) is 1.51. The van der Waals surface area contributed by atoms with Crippen molar-refractivity contribution in [2.24, 2.45) is 0 Å². The van der Waals surface area contributed by atoms with Crippen LogP contribution in [0.25, 0.3) is 0 Å². The number of rotatable bonds is 7. The van der Waals surface area contributed by atoms with Gasteiger partial charge >= 0.3 is 0 Å². The number of benzene rings is 3. The molecule has 3 aromatic carbocycles. The number of nitrogens with one attached hydrogen (secondary N) is 2. The Labute approximate surface area is 186 Å². The summed E-state index contributed by atoms with van der Waals surface area (Å²) < 4.78 is 11.2. The fraction of sp³-hybridized carbons (Fsp3) is 0.167. The number of hydrogen-bond acceptors (Lipinski definition) is 4. The molecule has 0 fully saturated rings. The molecule has 0 bridgehead atoms. The molecule has 0 unspecified atom stereocenters. The fourth-order valence-electron chi connectivity index (χ4n) is 2.95. The minimum absolute atomic E-state index is 0.221. The van der Waals surface area contributed by atoms with Gasteiger partial charge in [0.1, 0.15) is 6.61 Å². The number of halogens is 1. The smallest absolute Gasteiger partial charge is 0.255 e. The monoisotopic (exact) mass is 438 g/mol. The van der Waals surface area contributed by atoms with Gasteiger partial charge in [0.2, 0.25) is 5.91 Å². The van der Waals surface area contributed by atoms with Crippen LogP contribution in [0.4, 0.5) is 11.4 Å². The van der Waals surface area contributed by atoms with Gasteiger partial charge in [-0.15, -0.1) is 0 Å². The average molecular weight is 439 g/mol. The SMILES string of the molecule is COc1cc(C(=O)Nc2cc(C)ccc2NC(C)=O)ccc1OCc1ccccc1Cl. The maximum atomic E-state index is 12.8. The Bertz CT molecular complexity index is 1110. The van der Waals surface area contributed by atoms with Crippen LogP contribution in [0.2, 0.25) is 5.02 Å². The minimum Gasteiger partial charge on any atom is -0.493 e. The van der Waals surface area contributed by atoms with E-state index in [1.165, 1.54) is 14.0 Å². The van der Waals surface area contributed by atoms with E-state index in [-0.39, 0.29) is 18.4 Å². The quantitative estimate of drug-likeness (QED) is 0.514. The van der Waals surface area contributed by atoms with Crippen molar-refractivity contribution in [1.29, 1.82) is 0 Å². The Morgan fingerprint density at radius 3 is 2.42 bits per heavy atom. The highest BCUT2D eigenvalue weighted by Crippen LogP contribution is 2.30. The third kappa shape index (κ3) is 5.77. The van der Waals surface area contributed by atoms with E-state index < -0.39 is 0 Å². The first kappa shape index (κ1) is 22.2. The van der Waals surface area contributed by atoms with E-state index in [9.17, 15) is 9.59 Å². The Hall–Kier alpha value is -3.51. The van der Waals surface area contributed by atoms with Gasteiger partial charge in [0.05, 0.1) is 18.5 Å². The van der Waals surface area contributed by atoms with E-state index in [0.717, 1.165) is 11.1 Å². The van der Waals surface area contributed by atoms with Crippen LogP contribution < -0.4 is 20.1 Å². The van der Waals surface area contributed by atoms with E-state index in [1.54, 1.807) is 36.4 Å². The average Bonchev–Trinajstić information content (AvgIpc) is 2.74.